The summed E-state index contributed by atoms with van der Waals surface area (Å²) in [6.07, 6.45) is 0. The molecule has 0 N–H and O–H groups in total. The van der Waals surface area contributed by atoms with Crippen LogP contribution in [0.2, 0.25) is 5.02 Å². The van der Waals surface area contributed by atoms with Gasteiger partial charge in [-0.15, -0.1) is 0 Å². The number of hydrogen-bond acceptors (Lipinski definition) is 2. The van der Waals surface area contributed by atoms with E-state index in [1.807, 2.05) is 19.2 Å². The van der Waals surface area contributed by atoms with Gasteiger partial charge in [0.15, 0.2) is 0 Å². The van der Waals surface area contributed by atoms with Crippen molar-refractivity contribution in [1.82, 2.24) is 0 Å². The van der Waals surface area contributed by atoms with Crippen LogP contribution in [0.5, 0.6) is 0 Å². The summed E-state index contributed by atoms with van der Waals surface area (Å²) in [5, 5.41) is 9.31. The first kappa shape index (κ1) is 12.9. The van der Waals surface area contributed by atoms with Crippen molar-refractivity contribution in [3.8, 4) is 6.07 Å². The molecule has 0 fully saturated rings. The highest BCUT2D eigenvalue weighted by Gasteiger charge is 2.14. The molecular weight excluding hydrogens is 220 g/mol. The molecule has 0 saturated carbocycles. The smallest absolute Gasteiger partial charge is 0.101 e. The molecule has 0 bridgehead atoms. The van der Waals surface area contributed by atoms with E-state index in [-0.39, 0.29) is 0 Å². The molecule has 1 aromatic carbocycles. The lowest BCUT2D eigenvalue weighted by Crippen LogP contribution is -2.33. The van der Waals surface area contributed by atoms with Crippen LogP contribution < -0.4 is 4.90 Å². The summed E-state index contributed by atoms with van der Waals surface area (Å²) in [6.45, 7) is 6.55. The summed E-state index contributed by atoms with van der Waals surface area (Å²) in [4.78, 5) is 2.18. The highest BCUT2D eigenvalue weighted by Crippen LogP contribution is 2.25. The van der Waals surface area contributed by atoms with Crippen LogP contribution in [0.1, 0.15) is 26.3 Å². The number of halogens is 1. The van der Waals surface area contributed by atoms with Gasteiger partial charge in [0.05, 0.1) is 10.6 Å². The molecule has 1 atom stereocenters. The Morgan fingerprint density at radius 3 is 2.38 bits per heavy atom. The van der Waals surface area contributed by atoms with E-state index in [0.717, 1.165) is 5.69 Å². The minimum atomic E-state index is 0.434. The second-order valence-corrected chi connectivity index (χ2v) is 4.78. The lowest BCUT2D eigenvalue weighted by atomic mass is 10.0. The monoisotopic (exact) mass is 236 g/mol. The summed E-state index contributed by atoms with van der Waals surface area (Å²) in [6, 6.07) is 8.04. The van der Waals surface area contributed by atoms with Gasteiger partial charge in [0.1, 0.15) is 6.07 Å². The average molecular weight is 237 g/mol. The Morgan fingerprint density at radius 2 is 1.94 bits per heavy atom. The van der Waals surface area contributed by atoms with Gasteiger partial charge in [-0.05, 0) is 31.0 Å². The number of nitrogens with zero attached hydrogens (tertiary/aromatic N) is 2. The van der Waals surface area contributed by atoms with Crippen molar-refractivity contribution < 1.29 is 0 Å². The third-order valence-electron chi connectivity index (χ3n) is 3.06. The van der Waals surface area contributed by atoms with E-state index in [2.05, 4.69) is 31.7 Å². The Balaban J connectivity index is 2.98. The summed E-state index contributed by atoms with van der Waals surface area (Å²) in [7, 11) is 2.04. The molecule has 1 aromatic rings. The second-order valence-electron chi connectivity index (χ2n) is 4.37. The van der Waals surface area contributed by atoms with Gasteiger partial charge in [0.2, 0.25) is 0 Å². The van der Waals surface area contributed by atoms with E-state index >= 15 is 0 Å². The highest BCUT2D eigenvalue weighted by atomic mass is 35.5. The van der Waals surface area contributed by atoms with Crippen molar-refractivity contribution in [2.45, 2.75) is 26.8 Å². The van der Waals surface area contributed by atoms with Crippen molar-refractivity contribution in [2.75, 3.05) is 11.9 Å². The van der Waals surface area contributed by atoms with Gasteiger partial charge in [-0.25, -0.2) is 0 Å². The van der Waals surface area contributed by atoms with E-state index in [9.17, 15) is 0 Å². The molecule has 3 heteroatoms. The first-order chi connectivity index (χ1) is 7.47. The molecule has 0 radical (unpaired) electrons. The first-order valence-electron chi connectivity index (χ1n) is 5.40. The summed E-state index contributed by atoms with van der Waals surface area (Å²) >= 11 is 6.01. The highest BCUT2D eigenvalue weighted by molar-refractivity contribution is 6.32. The van der Waals surface area contributed by atoms with Crippen LogP contribution in [0.15, 0.2) is 18.2 Å². The van der Waals surface area contributed by atoms with E-state index < -0.39 is 0 Å². The van der Waals surface area contributed by atoms with Crippen LogP contribution in [0.3, 0.4) is 0 Å². The molecule has 0 aliphatic heterocycles. The Morgan fingerprint density at radius 1 is 1.31 bits per heavy atom. The molecule has 1 rings (SSSR count). The van der Waals surface area contributed by atoms with Crippen LogP contribution in [-0.4, -0.2) is 13.1 Å². The first-order valence-corrected chi connectivity index (χ1v) is 5.77. The number of benzene rings is 1. The number of hydrogen-bond donors (Lipinski definition) is 0. The average Bonchev–Trinajstić information content (AvgIpc) is 2.26. The van der Waals surface area contributed by atoms with Gasteiger partial charge in [-0.3, -0.25) is 0 Å². The molecule has 2 nitrogen and oxygen atoms in total. The zero-order valence-corrected chi connectivity index (χ0v) is 10.9. The van der Waals surface area contributed by atoms with Gasteiger partial charge in [0.25, 0.3) is 0 Å². The van der Waals surface area contributed by atoms with Crippen LogP contribution in [-0.2, 0) is 0 Å². The Kier molecular flexibility index (Phi) is 4.20. The summed E-state index contributed by atoms with van der Waals surface area (Å²) in [5.41, 5.74) is 1.57. The van der Waals surface area contributed by atoms with Crippen molar-refractivity contribution in [3.63, 3.8) is 0 Å². The lowest BCUT2D eigenvalue weighted by Gasteiger charge is -2.30. The summed E-state index contributed by atoms with van der Waals surface area (Å²) in [5.74, 6) is 0.569. The minimum absolute atomic E-state index is 0.434. The van der Waals surface area contributed by atoms with Crippen molar-refractivity contribution in [1.29, 1.82) is 5.26 Å². The van der Waals surface area contributed by atoms with Gasteiger partial charge >= 0.3 is 0 Å². The molecule has 0 aromatic heterocycles. The molecule has 0 aliphatic carbocycles. The fourth-order valence-corrected chi connectivity index (χ4v) is 1.71. The fourth-order valence-electron chi connectivity index (χ4n) is 1.50. The third-order valence-corrected chi connectivity index (χ3v) is 3.37. The van der Waals surface area contributed by atoms with Crippen LogP contribution in [0.4, 0.5) is 5.69 Å². The maximum atomic E-state index is 8.80. The molecule has 16 heavy (non-hydrogen) atoms. The van der Waals surface area contributed by atoms with Gasteiger partial charge in [-0.2, -0.15) is 5.26 Å². The molecule has 86 valence electrons. The maximum absolute atomic E-state index is 8.80. The number of nitriles is 1. The van der Waals surface area contributed by atoms with Crippen LogP contribution in [0.25, 0.3) is 0 Å². The molecular formula is C13H17ClN2. The predicted molar refractivity (Wildman–Crippen MR) is 68.9 cm³/mol. The van der Waals surface area contributed by atoms with Crippen molar-refractivity contribution >= 4 is 17.3 Å². The van der Waals surface area contributed by atoms with Crippen molar-refractivity contribution in [3.05, 3.63) is 28.8 Å². The molecule has 0 unspecified atom stereocenters. The van der Waals surface area contributed by atoms with E-state index in [1.54, 1.807) is 6.07 Å². The lowest BCUT2D eigenvalue weighted by molar-refractivity contribution is 0.505. The fraction of sp³-hybridized carbons (Fsp3) is 0.462. The van der Waals surface area contributed by atoms with Crippen molar-refractivity contribution in [2.24, 2.45) is 5.92 Å². The normalized spacial score (nSPS) is 12.3. The molecule has 0 aliphatic rings. The largest absolute Gasteiger partial charge is 0.372 e. The zero-order chi connectivity index (χ0) is 12.3. The van der Waals surface area contributed by atoms with Crippen LogP contribution in [0, 0.1) is 17.2 Å². The summed E-state index contributed by atoms with van der Waals surface area (Å²) < 4.78 is 0. The Hall–Kier alpha value is -1.20. The Labute approximate surface area is 102 Å². The van der Waals surface area contributed by atoms with Crippen LogP contribution >= 0.6 is 11.6 Å². The topological polar surface area (TPSA) is 27.0 Å². The number of anilines is 1. The van der Waals surface area contributed by atoms with Gasteiger partial charge < -0.3 is 4.90 Å². The molecule has 0 spiro atoms. The quantitative estimate of drug-likeness (QED) is 0.800. The predicted octanol–water partition coefficient (Wildman–Crippen LogP) is 3.69. The second kappa shape index (κ2) is 5.23. The molecule has 0 saturated heterocycles. The molecule has 0 amide bonds. The van der Waals surface area contributed by atoms with E-state index in [1.165, 1.54) is 0 Å². The van der Waals surface area contributed by atoms with Gasteiger partial charge in [-0.1, -0.05) is 25.4 Å². The maximum Gasteiger partial charge on any atom is 0.101 e. The van der Waals surface area contributed by atoms with Gasteiger partial charge in [0, 0.05) is 18.8 Å². The molecule has 0 heterocycles. The van der Waals surface area contributed by atoms with E-state index in [4.69, 9.17) is 16.9 Å². The zero-order valence-electron chi connectivity index (χ0n) is 10.2. The SMILES string of the molecule is CC(C)[C@H](C)N(C)c1ccc(C#N)c(Cl)c1. The minimum Gasteiger partial charge on any atom is -0.372 e. The standard InChI is InChI=1S/C13H17ClN2/c1-9(2)10(3)16(4)12-6-5-11(8-15)13(14)7-12/h5-7,9-10H,1-4H3/t10-/m0/s1. The van der Waals surface area contributed by atoms with E-state index in [0.29, 0.717) is 22.5 Å². The third kappa shape index (κ3) is 2.68. The number of rotatable bonds is 3. The Bertz CT molecular complexity index is 407.